The van der Waals surface area contributed by atoms with Crippen molar-refractivity contribution in [2.45, 2.75) is 71.6 Å². The van der Waals surface area contributed by atoms with Crippen LogP contribution in [0, 0.1) is 11.3 Å². The number of carbonyl (C=O) groups is 1. The number of rotatable bonds is 0. The number of benzene rings is 1. The Morgan fingerprint density at radius 2 is 1.62 bits per heavy atom. The lowest BCUT2D eigenvalue weighted by Gasteiger charge is -2.38. The summed E-state index contributed by atoms with van der Waals surface area (Å²) in [6, 6.07) is 3.97. The minimum Gasteiger partial charge on any atom is -0.507 e. The number of ketones is 1. The van der Waals surface area contributed by atoms with E-state index in [4.69, 9.17) is 0 Å². The number of aromatic hydroxyl groups is 1. The fourth-order valence-electron chi connectivity index (χ4n) is 3.54. The number of phenolic OH excluding ortho intramolecular Hbond substituents is 1. The first-order chi connectivity index (χ1) is 10.7. The van der Waals surface area contributed by atoms with E-state index in [1.165, 1.54) is 0 Å². The quantitative estimate of drug-likeness (QED) is 0.748. The number of Topliss-reactive ketones (excluding diaryl/α,β-unsaturated/α-hetero) is 1. The van der Waals surface area contributed by atoms with Crippen LogP contribution in [0.4, 0.5) is 0 Å². The van der Waals surface area contributed by atoms with Crippen LogP contribution in [0.25, 0.3) is 6.08 Å². The summed E-state index contributed by atoms with van der Waals surface area (Å²) in [7, 11) is 0. The van der Waals surface area contributed by atoms with Crippen LogP contribution in [0.5, 0.6) is 5.75 Å². The summed E-state index contributed by atoms with van der Waals surface area (Å²) in [5.74, 6) is 0.0781. The minimum atomic E-state index is -0.842. The van der Waals surface area contributed by atoms with Crippen LogP contribution < -0.4 is 0 Å². The average molecular weight is 325 g/mol. The highest BCUT2D eigenvalue weighted by Gasteiger charge is 2.43. The Morgan fingerprint density at radius 1 is 1.08 bits per heavy atom. The van der Waals surface area contributed by atoms with Gasteiger partial charge in [0.1, 0.15) is 11.8 Å². The van der Waals surface area contributed by atoms with Crippen LogP contribution in [0.1, 0.15) is 77.6 Å². The lowest BCUT2D eigenvalue weighted by Crippen LogP contribution is -2.37. The molecule has 1 aromatic rings. The molecule has 0 aliphatic heterocycles. The molecule has 128 valence electrons. The molecule has 1 aromatic carbocycles. The molecular formula is C21H27NO2. The van der Waals surface area contributed by atoms with Gasteiger partial charge in [-0.1, -0.05) is 41.5 Å². The van der Waals surface area contributed by atoms with E-state index in [1.54, 1.807) is 6.08 Å². The molecule has 0 fully saturated rings. The highest BCUT2D eigenvalue weighted by molar-refractivity contribution is 6.12. The number of fused-ring (bicyclic) bond motifs is 1. The molecule has 24 heavy (non-hydrogen) atoms. The molecule has 0 atom stereocenters. The van der Waals surface area contributed by atoms with Crippen molar-refractivity contribution in [2.75, 3.05) is 0 Å². The van der Waals surface area contributed by atoms with Crippen molar-refractivity contribution in [3.05, 3.63) is 33.9 Å². The Balaban J connectivity index is 3.06. The van der Waals surface area contributed by atoms with Gasteiger partial charge in [0.05, 0.1) is 11.0 Å². The van der Waals surface area contributed by atoms with E-state index in [0.717, 1.165) is 22.3 Å². The van der Waals surface area contributed by atoms with Crippen molar-refractivity contribution in [1.82, 2.24) is 0 Å². The van der Waals surface area contributed by atoms with E-state index in [9.17, 15) is 15.2 Å². The van der Waals surface area contributed by atoms with Crippen LogP contribution in [0.3, 0.4) is 0 Å². The highest BCUT2D eigenvalue weighted by Crippen LogP contribution is 2.49. The second kappa shape index (κ2) is 5.21. The first kappa shape index (κ1) is 18.3. The summed E-state index contributed by atoms with van der Waals surface area (Å²) in [5.41, 5.74) is 2.11. The van der Waals surface area contributed by atoms with Crippen molar-refractivity contribution in [3.63, 3.8) is 0 Å². The van der Waals surface area contributed by atoms with Crippen LogP contribution in [-0.4, -0.2) is 10.9 Å². The molecular weight excluding hydrogens is 298 g/mol. The summed E-state index contributed by atoms with van der Waals surface area (Å²) in [5, 5.41) is 20.4. The molecule has 0 saturated heterocycles. The largest absolute Gasteiger partial charge is 0.507 e. The number of allylic oxidation sites excluding steroid dienone is 1. The van der Waals surface area contributed by atoms with Crippen molar-refractivity contribution in [2.24, 2.45) is 0 Å². The third-order valence-corrected chi connectivity index (χ3v) is 4.75. The molecule has 3 nitrogen and oxygen atoms in total. The lowest BCUT2D eigenvalue weighted by atomic mass is 9.64. The number of hydrogen-bond acceptors (Lipinski definition) is 3. The molecule has 0 aromatic heterocycles. The maximum absolute atomic E-state index is 12.7. The van der Waals surface area contributed by atoms with Crippen LogP contribution >= 0.6 is 0 Å². The third-order valence-electron chi connectivity index (χ3n) is 4.75. The predicted molar refractivity (Wildman–Crippen MR) is 97.1 cm³/mol. The maximum Gasteiger partial charge on any atom is 0.183 e. The molecule has 0 saturated carbocycles. The van der Waals surface area contributed by atoms with Gasteiger partial charge in [-0.2, -0.15) is 5.26 Å². The van der Waals surface area contributed by atoms with Gasteiger partial charge in [0.25, 0.3) is 0 Å². The Kier molecular flexibility index (Phi) is 3.96. The number of nitriles is 1. The number of nitrogens with zero attached hydrogens (tertiary/aromatic N) is 1. The Morgan fingerprint density at radius 3 is 2.04 bits per heavy atom. The molecule has 0 amide bonds. The second-order valence-electron chi connectivity index (χ2n) is 9.24. The highest BCUT2D eigenvalue weighted by atomic mass is 16.3. The molecule has 1 aliphatic rings. The van der Waals surface area contributed by atoms with Gasteiger partial charge < -0.3 is 5.11 Å². The van der Waals surface area contributed by atoms with E-state index >= 15 is 0 Å². The molecule has 0 spiro atoms. The van der Waals surface area contributed by atoms with Crippen molar-refractivity contribution >= 4 is 11.9 Å². The predicted octanol–water partition coefficient (Wildman–Crippen LogP) is 4.75. The number of phenols is 1. The second-order valence-corrected chi connectivity index (χ2v) is 9.24. The number of carbonyl (C=O) groups excluding carboxylic acids is 1. The normalized spacial score (nSPS) is 17.1. The first-order valence-corrected chi connectivity index (χ1v) is 8.31. The molecule has 0 radical (unpaired) electrons. The SMILES string of the molecule is CC(C)(C)c1cc2c(c(C(C)(C)C)c1O)C(C)(C)C(=O)C(C#N)=C2. The molecule has 3 heteroatoms. The Hall–Kier alpha value is -2.08. The van der Waals surface area contributed by atoms with Gasteiger partial charge in [0.15, 0.2) is 5.78 Å². The molecule has 0 bridgehead atoms. The molecule has 2 rings (SSSR count). The van der Waals surface area contributed by atoms with E-state index in [1.807, 2.05) is 46.8 Å². The van der Waals surface area contributed by atoms with Gasteiger partial charge >= 0.3 is 0 Å². The minimum absolute atomic E-state index is 0.179. The zero-order valence-electron chi connectivity index (χ0n) is 16.0. The summed E-state index contributed by atoms with van der Waals surface area (Å²) < 4.78 is 0. The summed E-state index contributed by atoms with van der Waals surface area (Å²) in [6.07, 6.45) is 1.67. The zero-order valence-corrected chi connectivity index (χ0v) is 16.0. The fraction of sp³-hybridized carbons (Fsp3) is 0.524. The van der Waals surface area contributed by atoms with Crippen molar-refractivity contribution in [3.8, 4) is 11.8 Å². The molecule has 0 heterocycles. The Bertz CT molecular complexity index is 791. The van der Waals surface area contributed by atoms with Crippen LogP contribution in [0.15, 0.2) is 11.6 Å². The molecule has 1 N–H and O–H groups in total. The summed E-state index contributed by atoms with van der Waals surface area (Å²) in [4.78, 5) is 12.7. The van der Waals surface area contributed by atoms with Gasteiger partial charge in [0, 0.05) is 11.1 Å². The Labute approximate surface area is 145 Å². The van der Waals surface area contributed by atoms with E-state index in [0.29, 0.717) is 0 Å². The third kappa shape index (κ3) is 2.65. The average Bonchev–Trinajstić information content (AvgIpc) is 2.40. The summed E-state index contributed by atoms with van der Waals surface area (Å²) >= 11 is 0. The molecule has 1 aliphatic carbocycles. The number of hydrogen-bond donors (Lipinski definition) is 1. The maximum atomic E-state index is 12.7. The fourth-order valence-corrected chi connectivity index (χ4v) is 3.54. The van der Waals surface area contributed by atoms with E-state index in [-0.39, 0.29) is 27.9 Å². The van der Waals surface area contributed by atoms with E-state index in [2.05, 4.69) is 20.8 Å². The van der Waals surface area contributed by atoms with E-state index < -0.39 is 5.41 Å². The van der Waals surface area contributed by atoms with Crippen LogP contribution in [-0.2, 0) is 21.0 Å². The standard InChI is InChI=1S/C21H27NO2/c1-19(2,3)14-10-12-9-13(11-22)18(24)21(7,8)15(12)16(17(14)23)20(4,5)6/h9-10,23H,1-8H3. The topological polar surface area (TPSA) is 61.1 Å². The smallest absolute Gasteiger partial charge is 0.183 e. The van der Waals surface area contributed by atoms with Crippen LogP contribution in [0.2, 0.25) is 0 Å². The lowest BCUT2D eigenvalue weighted by molar-refractivity contribution is -0.119. The zero-order chi connectivity index (χ0) is 18.7. The first-order valence-electron chi connectivity index (χ1n) is 8.31. The monoisotopic (exact) mass is 325 g/mol. The van der Waals surface area contributed by atoms with Gasteiger partial charge in [-0.15, -0.1) is 0 Å². The molecule has 0 unspecified atom stereocenters. The van der Waals surface area contributed by atoms with Gasteiger partial charge in [-0.25, -0.2) is 0 Å². The summed E-state index contributed by atoms with van der Waals surface area (Å²) in [6.45, 7) is 15.9. The van der Waals surface area contributed by atoms with Gasteiger partial charge in [-0.3, -0.25) is 4.79 Å². The van der Waals surface area contributed by atoms with Gasteiger partial charge in [-0.05, 0) is 47.9 Å². The van der Waals surface area contributed by atoms with Crippen molar-refractivity contribution in [1.29, 1.82) is 5.26 Å². The van der Waals surface area contributed by atoms with Gasteiger partial charge in [0.2, 0.25) is 0 Å². The van der Waals surface area contributed by atoms with Crippen molar-refractivity contribution < 1.29 is 9.90 Å².